The van der Waals surface area contributed by atoms with E-state index in [2.05, 4.69) is 324 Å². The van der Waals surface area contributed by atoms with E-state index in [-0.39, 0.29) is 70.4 Å². The number of fused-ring (bicyclic) bond motifs is 1. The molecule has 22 nitrogen and oxygen atoms in total. The van der Waals surface area contributed by atoms with Crippen molar-refractivity contribution in [2.45, 2.75) is 311 Å². The third kappa shape index (κ3) is 38.4. The minimum absolute atomic E-state index is 0.00486. The molecule has 0 aliphatic carbocycles. The number of hydrogen-bond acceptors (Lipinski definition) is 13. The van der Waals surface area contributed by atoms with Crippen molar-refractivity contribution in [1.82, 2.24) is 84.7 Å². The molecule has 2 aliphatic rings. The molecular weight excluding hydrogens is 1600 g/mol. The Morgan fingerprint density at radius 2 is 0.943 bits per heavy atom. The minimum Gasteiger partial charge on any atom is -0.363 e. The van der Waals surface area contributed by atoms with E-state index in [0.29, 0.717) is 28.1 Å². The Bertz CT molecular complexity index is 5160. The van der Waals surface area contributed by atoms with Gasteiger partial charge >= 0.3 is 0 Å². The van der Waals surface area contributed by atoms with Crippen LogP contribution in [-0.2, 0) is 58.3 Å². The molecule has 122 heavy (non-hydrogen) atoms. The fraction of sp³-hybridized carbons (Fsp3) is 0.521. The number of aliphatic imine (C=N–C) groups is 2. The monoisotopic (exact) mass is 1750 g/mol. The molecule has 0 radical (unpaired) electrons. The van der Waals surface area contributed by atoms with Gasteiger partial charge in [-0.1, -0.05) is 267 Å². The maximum absolute atomic E-state index is 11.6. The van der Waals surface area contributed by atoms with Crippen molar-refractivity contribution in [2.24, 2.45) is 15.4 Å². The van der Waals surface area contributed by atoms with Gasteiger partial charge in [0.05, 0.1) is 45.4 Å². The number of carbonyl (C=O) groups excluding carboxylic acids is 1. The van der Waals surface area contributed by atoms with Crippen molar-refractivity contribution in [3.05, 3.63) is 199 Å². The average Bonchev–Trinajstić information content (AvgIpc) is 1.67. The number of benzene rings is 1. The summed E-state index contributed by atoms with van der Waals surface area (Å²) in [5.74, 6) is 20.4. The first-order valence-corrected chi connectivity index (χ1v) is 45.5. The molecule has 0 saturated carbocycles. The Labute approximate surface area is 744 Å². The Kier molecular flexibility index (Phi) is 39.7. The lowest BCUT2D eigenvalue weighted by atomic mass is 9.92. The number of terminal acetylenes is 2. The van der Waals surface area contributed by atoms with Crippen molar-refractivity contribution >= 4 is 81.9 Å². The standard InChI is InChI=1S/C11H14N2.C10H14N2.C10H17NOS.C10H13N.C9H14N2O.C8H13ClN2.C8H11N3.2C8H14N2.C7H11ClN2.C7H11NS/c1-11(2,3)10-12-8-6-4-5-7-9(8)13-10;1-6-8-7(2)11-9(12-8)10(3,4)5;1-10(2,3)8-6-7-9(11-8)13(4,5)12;1-5-8-6-9(11-7-8)10(2,3)4;1-6(12)7-5-10-8(11-7)9(2,3)4;1-5-6(9)11-7(10-5)8(2,3)4;1-8(2,3)7-10-5-6(4-9)11-7;2*1-6-5-9-7(10-6)8(2,3)4;1-7(2,3)6-9-4-5(8)10-6;1-6-4-5-7(8-6)9(2)3/h4-7H,1-3H3,(H,12,13);1H,2-5H3,(H,11,12);6H,4,7H2,1-3,5H3;1,6-7,11H,2-4H3;5H,1-4H3,(H,10,11);1-4H3,(H,10,11);5H,1-3H3,(H,10,11);2*5H,1-4H3,(H,9,10);4H,1-3H3,(H,9,10);4H,2,5H2,1,3H3. The van der Waals surface area contributed by atoms with Gasteiger partial charge < -0.3 is 44.9 Å². The normalized spacial score (nSPS) is 13.5. The molecule has 9 N–H and O–H groups in total. The molecule has 2 unspecified atom stereocenters. The number of para-hydroxylation sites is 2. The van der Waals surface area contributed by atoms with Gasteiger partial charge in [0.25, 0.3) is 0 Å². The largest absolute Gasteiger partial charge is 0.363 e. The molecule has 0 bridgehead atoms. The topological polar surface area (TPSA) is 328 Å². The van der Waals surface area contributed by atoms with Crippen LogP contribution in [0, 0.1) is 69.1 Å². The second kappa shape index (κ2) is 44.6. The van der Waals surface area contributed by atoms with Crippen LogP contribution in [0.4, 0.5) is 0 Å². The van der Waals surface area contributed by atoms with Gasteiger partial charge in [-0.05, 0) is 70.9 Å². The van der Waals surface area contributed by atoms with Crippen LogP contribution in [0.15, 0.2) is 101 Å². The lowest BCUT2D eigenvalue weighted by Gasteiger charge is -2.16. The predicted molar refractivity (Wildman–Crippen MR) is 522 cm³/mol. The molecule has 668 valence electrons. The zero-order valence-corrected chi connectivity index (χ0v) is 83.9. The lowest BCUT2D eigenvalue weighted by molar-refractivity contribution is 0.101. The number of aromatic nitrogens is 17. The number of Topliss-reactive ketones (excluding diaryl/α,β-unsaturated/α-hetero) is 1. The number of rotatable bonds is 1. The number of allylic oxidation sites excluding steroid dienone is 4. The fourth-order valence-electron chi connectivity index (χ4n) is 9.78. The van der Waals surface area contributed by atoms with E-state index in [1.54, 1.807) is 24.8 Å². The van der Waals surface area contributed by atoms with Crippen molar-refractivity contribution in [2.75, 3.05) is 12.5 Å². The quantitative estimate of drug-likeness (QED) is 0.0422. The molecule has 0 fully saturated rings. The van der Waals surface area contributed by atoms with E-state index in [4.69, 9.17) is 41.3 Å². The number of nitriles is 1. The van der Waals surface area contributed by atoms with Crippen LogP contribution in [0.3, 0.4) is 0 Å². The van der Waals surface area contributed by atoms with Crippen LogP contribution in [0.1, 0.15) is 337 Å². The molecule has 11 heterocycles. The number of halogens is 2. The fourth-order valence-corrected chi connectivity index (χ4v) is 11.4. The third-order valence-electron chi connectivity index (χ3n) is 17.4. The van der Waals surface area contributed by atoms with Crippen molar-refractivity contribution in [3.8, 4) is 30.8 Å². The van der Waals surface area contributed by atoms with Crippen LogP contribution in [0.5, 0.6) is 0 Å². The first-order valence-electron chi connectivity index (χ1n) is 40.8. The first-order chi connectivity index (χ1) is 55.3. The van der Waals surface area contributed by atoms with Crippen molar-refractivity contribution < 1.29 is 9.00 Å². The maximum atomic E-state index is 11.6. The summed E-state index contributed by atoms with van der Waals surface area (Å²) < 4.78 is 11.6. The smallest absolute Gasteiger partial charge is 0.177 e. The van der Waals surface area contributed by atoms with Crippen molar-refractivity contribution in [1.29, 1.82) is 5.26 Å². The summed E-state index contributed by atoms with van der Waals surface area (Å²) in [7, 11) is -1.96. The highest BCUT2D eigenvalue weighted by molar-refractivity contribution is 8.26. The first kappa shape index (κ1) is 108. The molecule has 0 saturated heterocycles. The third-order valence-corrected chi connectivity index (χ3v) is 20.3. The van der Waals surface area contributed by atoms with E-state index in [1.165, 1.54) is 17.7 Å². The molecule has 0 spiro atoms. The molecule has 2 aliphatic heterocycles. The number of ketones is 1. The number of H-pyrrole nitrogens is 9. The Morgan fingerprint density at radius 1 is 0.508 bits per heavy atom. The zero-order valence-electron chi connectivity index (χ0n) is 80.8. The summed E-state index contributed by atoms with van der Waals surface area (Å²) >= 11 is 11.4. The summed E-state index contributed by atoms with van der Waals surface area (Å²) in [6, 6.07) is 12.1. The molecule has 1 aromatic carbocycles. The summed E-state index contributed by atoms with van der Waals surface area (Å²) in [6.07, 6.45) is 30.5. The molecule has 10 aromatic rings. The minimum atomic E-state index is -2.10. The van der Waals surface area contributed by atoms with E-state index in [0.717, 1.165) is 115 Å². The molecule has 26 heteroatoms. The maximum Gasteiger partial charge on any atom is 0.177 e. The van der Waals surface area contributed by atoms with E-state index in [1.807, 2.05) is 110 Å². The summed E-state index contributed by atoms with van der Waals surface area (Å²) in [5.41, 5.74) is 13.2. The second-order valence-corrected chi connectivity index (χ2v) is 45.6. The summed E-state index contributed by atoms with van der Waals surface area (Å²) in [5, 5.41) is 11.7. The van der Waals surface area contributed by atoms with Gasteiger partial charge in [0.2, 0.25) is 0 Å². The average molecular weight is 1750 g/mol. The number of aromatic amines is 9. The van der Waals surface area contributed by atoms with Gasteiger partial charge in [-0.3, -0.25) is 14.0 Å². The van der Waals surface area contributed by atoms with Gasteiger partial charge in [0.1, 0.15) is 80.1 Å². The van der Waals surface area contributed by atoms with Crippen LogP contribution < -0.4 is 0 Å². The lowest BCUT2D eigenvalue weighted by Crippen LogP contribution is -2.13. The highest BCUT2D eigenvalue weighted by atomic mass is 35.5. The number of imidazole rings is 8. The molecule has 2 atom stereocenters. The number of nitrogens with zero attached hydrogens (tertiary/aromatic N) is 11. The highest BCUT2D eigenvalue weighted by Gasteiger charge is 2.26. The van der Waals surface area contributed by atoms with Crippen LogP contribution in [0.25, 0.3) is 11.0 Å². The SMILES string of the molecule is C#Cc1c[nH]c(C(C)(C)C)c1.C#Cc1nc(C(C)(C)C)[nH]c1C.C=S(C)(=O)C1=NC(C(C)(C)C)=CC1.C=S(C)C1=NC(C)=CC1.CC(=O)c1cnc(C(C)(C)C)[nH]1.CC(C)(C)c1nc2ccccc2[nH]1.CC(C)(C)c1ncc(C#N)[nH]1.CC(C)(C)c1ncc(Cl)[nH]1.Cc1[nH]c(C(C)(C)C)nc1Cl.Cc1cnc(C(C)(C)C)[nH]1.Cc1cnc(C(C)(C)C)[nH]1. The van der Waals surface area contributed by atoms with E-state index < -0.39 is 9.52 Å². The highest BCUT2D eigenvalue weighted by Crippen LogP contribution is 2.32. The molecular formula is C96H146Cl2N20O2S2. The van der Waals surface area contributed by atoms with Crippen LogP contribution >= 0.6 is 33.7 Å². The van der Waals surface area contributed by atoms with Gasteiger partial charge in [0, 0.05) is 148 Å². The van der Waals surface area contributed by atoms with Gasteiger partial charge in [-0.15, -0.1) is 12.8 Å². The van der Waals surface area contributed by atoms with E-state index in [9.17, 15) is 9.00 Å². The summed E-state index contributed by atoms with van der Waals surface area (Å²) in [4.78, 5) is 81.5. The van der Waals surface area contributed by atoms with Crippen LogP contribution in [0.2, 0.25) is 10.3 Å². The van der Waals surface area contributed by atoms with Gasteiger partial charge in [-0.25, -0.2) is 44.9 Å². The number of nitrogens with one attached hydrogen (secondary N) is 9. The zero-order chi connectivity index (χ0) is 94.3. The van der Waals surface area contributed by atoms with Crippen molar-refractivity contribution in [3.63, 3.8) is 0 Å². The molecule has 9 aromatic heterocycles. The van der Waals surface area contributed by atoms with Gasteiger partial charge in [-0.2, -0.15) is 15.7 Å². The Hall–Kier alpha value is -9.64. The molecule has 0 amide bonds. The predicted octanol–water partition coefficient (Wildman–Crippen LogP) is 23.8. The Morgan fingerprint density at radius 3 is 1.20 bits per heavy atom. The molecule has 12 rings (SSSR count). The summed E-state index contributed by atoms with van der Waals surface area (Å²) in [6.45, 7) is 74.7. The van der Waals surface area contributed by atoms with Crippen LogP contribution in [-0.4, -0.2) is 129 Å². The Balaban J connectivity index is 0.000000455. The second-order valence-electron chi connectivity index (χ2n) is 40.6. The number of aryl methyl sites for hydroxylation is 4. The number of hydrogen-bond donors (Lipinski definition) is 9. The number of carbonyl (C=O) groups is 1. The van der Waals surface area contributed by atoms with Gasteiger partial charge in [0.15, 0.2) is 5.78 Å². The van der Waals surface area contributed by atoms with E-state index >= 15 is 0 Å².